The van der Waals surface area contributed by atoms with E-state index in [9.17, 15) is 0 Å². The number of hydrogen-bond donors (Lipinski definition) is 1. The molecule has 0 aliphatic rings. The third kappa shape index (κ3) is 5.98. The van der Waals surface area contributed by atoms with Gasteiger partial charge in [-0.15, -0.1) is 0 Å². The molecule has 2 nitrogen and oxygen atoms in total. The second-order valence-electron chi connectivity index (χ2n) is 9.78. The summed E-state index contributed by atoms with van der Waals surface area (Å²) >= 11 is 6.32. The van der Waals surface area contributed by atoms with Crippen molar-refractivity contribution in [2.75, 3.05) is 0 Å². The van der Waals surface area contributed by atoms with E-state index in [2.05, 4.69) is 76.3 Å². The zero-order chi connectivity index (χ0) is 21.1. The fraction of sp³-hybridized carbons (Fsp3) is 0.385. The van der Waals surface area contributed by atoms with Crippen LogP contribution < -0.4 is 10.1 Å². The molecule has 0 aromatic heterocycles. The molecule has 3 aromatic rings. The number of fused-ring (bicyclic) bond motifs is 1. The lowest BCUT2D eigenvalue weighted by Gasteiger charge is -2.31. The highest BCUT2D eigenvalue weighted by molar-refractivity contribution is 6.31. The van der Waals surface area contributed by atoms with Gasteiger partial charge < -0.3 is 10.1 Å². The first-order chi connectivity index (χ1) is 13.6. The van der Waals surface area contributed by atoms with E-state index >= 15 is 0 Å². The van der Waals surface area contributed by atoms with Crippen molar-refractivity contribution in [1.82, 2.24) is 0 Å². The molecule has 3 aromatic carbocycles. The Bertz CT molecular complexity index is 972. The highest BCUT2D eigenvalue weighted by Gasteiger charge is 2.28. The Hall–Kier alpha value is -2.03. The highest BCUT2D eigenvalue weighted by Crippen LogP contribution is 2.30. The Morgan fingerprint density at radius 2 is 1.55 bits per heavy atom. The van der Waals surface area contributed by atoms with Crippen molar-refractivity contribution in [2.45, 2.75) is 59.7 Å². The summed E-state index contributed by atoms with van der Waals surface area (Å²) in [5, 5.41) is 5.69. The molecular weight excluding hydrogens is 378 g/mol. The molecule has 0 spiro atoms. The van der Waals surface area contributed by atoms with Gasteiger partial charge in [-0.05, 0) is 42.2 Å². The van der Waals surface area contributed by atoms with Crippen LogP contribution in [0, 0.1) is 5.41 Å². The van der Waals surface area contributed by atoms with Gasteiger partial charge in [0.15, 0.2) is 0 Å². The first-order valence-corrected chi connectivity index (χ1v) is 10.7. The Labute approximate surface area is 180 Å². The van der Waals surface area contributed by atoms with Crippen molar-refractivity contribution in [1.29, 1.82) is 0 Å². The highest BCUT2D eigenvalue weighted by atomic mass is 35.5. The summed E-state index contributed by atoms with van der Waals surface area (Å²) in [7, 11) is 0. The molecule has 0 bridgehead atoms. The van der Waals surface area contributed by atoms with Crippen LogP contribution >= 0.6 is 11.6 Å². The Morgan fingerprint density at radius 1 is 0.862 bits per heavy atom. The zero-order valence-corrected chi connectivity index (χ0v) is 19.0. The van der Waals surface area contributed by atoms with Crippen LogP contribution in [0.5, 0.6) is 5.75 Å². The van der Waals surface area contributed by atoms with Crippen LogP contribution in [0.2, 0.25) is 5.02 Å². The molecule has 0 aliphatic heterocycles. The Kier molecular flexibility index (Phi) is 6.55. The normalized spacial score (nSPS) is 12.3. The van der Waals surface area contributed by atoms with E-state index in [1.54, 1.807) is 0 Å². The Balaban J connectivity index is 1.87. The third-order valence-electron chi connectivity index (χ3n) is 5.18. The minimum Gasteiger partial charge on any atom is -0.488 e. The molecule has 29 heavy (non-hydrogen) atoms. The fourth-order valence-corrected chi connectivity index (χ4v) is 4.44. The van der Waals surface area contributed by atoms with Crippen molar-refractivity contribution >= 4 is 22.4 Å². The molecule has 0 fully saturated rings. The van der Waals surface area contributed by atoms with Gasteiger partial charge in [-0.1, -0.05) is 80.9 Å². The fourth-order valence-electron chi connectivity index (χ4n) is 4.25. The second kappa shape index (κ2) is 8.77. The van der Waals surface area contributed by atoms with Crippen molar-refractivity contribution in [3.63, 3.8) is 0 Å². The van der Waals surface area contributed by atoms with Gasteiger partial charge in [0.1, 0.15) is 18.9 Å². The summed E-state index contributed by atoms with van der Waals surface area (Å²) in [6.45, 7) is 12.9. The van der Waals surface area contributed by atoms with Crippen LogP contribution in [-0.2, 0) is 13.2 Å². The average molecular weight is 411 g/mol. The van der Waals surface area contributed by atoms with Crippen LogP contribution in [0.25, 0.3) is 10.8 Å². The molecule has 0 aliphatic carbocycles. The molecule has 3 rings (SSSR count). The predicted molar refractivity (Wildman–Crippen MR) is 124 cm³/mol. The van der Waals surface area contributed by atoms with Gasteiger partial charge in [0.2, 0.25) is 0 Å². The van der Waals surface area contributed by atoms with Gasteiger partial charge in [-0.25, -0.2) is 0 Å². The maximum absolute atomic E-state index is 6.32. The van der Waals surface area contributed by atoms with Gasteiger partial charge in [-0.2, -0.15) is 0 Å². The maximum atomic E-state index is 6.32. The van der Waals surface area contributed by atoms with Crippen molar-refractivity contribution in [2.24, 2.45) is 5.41 Å². The smallest absolute Gasteiger partial charge is 0.129 e. The quantitative estimate of drug-likeness (QED) is 0.482. The lowest BCUT2D eigenvalue weighted by Crippen LogP contribution is -2.94. The van der Waals surface area contributed by atoms with Crippen molar-refractivity contribution in [3.8, 4) is 5.75 Å². The van der Waals surface area contributed by atoms with E-state index in [0.717, 1.165) is 29.3 Å². The monoisotopic (exact) mass is 410 g/mol. The van der Waals surface area contributed by atoms with Crippen LogP contribution in [0.1, 0.15) is 52.2 Å². The van der Waals surface area contributed by atoms with Crippen LogP contribution in [0.3, 0.4) is 0 Å². The summed E-state index contributed by atoms with van der Waals surface area (Å²) in [4.78, 5) is 0. The van der Waals surface area contributed by atoms with Crippen LogP contribution in [0.4, 0.5) is 0 Å². The third-order valence-corrected chi connectivity index (χ3v) is 5.55. The molecule has 154 valence electrons. The number of hydrogen-bond acceptors (Lipinski definition) is 1. The number of quaternary nitrogens is 1. The maximum Gasteiger partial charge on any atom is 0.129 e. The topological polar surface area (TPSA) is 25.8 Å². The molecular formula is C26H33ClNO+. The summed E-state index contributed by atoms with van der Waals surface area (Å²) in [5.74, 6) is 0.937. The number of ether oxygens (including phenoxy) is 1. The van der Waals surface area contributed by atoms with Gasteiger partial charge in [-0.3, -0.25) is 0 Å². The number of nitrogens with two attached hydrogens (primary N) is 1. The number of benzene rings is 3. The van der Waals surface area contributed by atoms with Crippen molar-refractivity contribution in [3.05, 3.63) is 76.8 Å². The minimum atomic E-state index is 0.148. The van der Waals surface area contributed by atoms with E-state index < -0.39 is 0 Å². The molecule has 0 saturated heterocycles. The van der Waals surface area contributed by atoms with Gasteiger partial charge >= 0.3 is 0 Å². The lowest BCUT2D eigenvalue weighted by atomic mass is 9.81. The first kappa shape index (κ1) is 21.7. The van der Waals surface area contributed by atoms with E-state index in [4.69, 9.17) is 16.3 Å². The van der Waals surface area contributed by atoms with E-state index in [1.165, 1.54) is 16.3 Å². The Morgan fingerprint density at radius 3 is 2.28 bits per heavy atom. The molecule has 0 unspecified atom stereocenters. The number of halogens is 1. The molecule has 0 amide bonds. The predicted octanol–water partition coefficient (Wildman–Crippen LogP) is 6.35. The minimum absolute atomic E-state index is 0.148. The SMILES string of the molecule is CC(C)(C)CC(C)(C)[NH2+]Cc1c(OCc2ccccc2Cl)ccc2ccccc12. The van der Waals surface area contributed by atoms with Crippen LogP contribution in [-0.4, -0.2) is 5.54 Å². The van der Waals surface area contributed by atoms with Crippen LogP contribution in [0.15, 0.2) is 60.7 Å². The molecule has 0 heterocycles. The standard InChI is InChI=1S/C26H32ClNO/c1-25(2,3)18-26(4,5)28-16-22-21-12-8-6-10-19(21)14-15-24(22)29-17-20-11-7-9-13-23(20)27/h6-15,28H,16-18H2,1-5H3/p+1. The second-order valence-corrected chi connectivity index (χ2v) is 10.2. The molecule has 0 radical (unpaired) electrons. The molecule has 0 atom stereocenters. The zero-order valence-electron chi connectivity index (χ0n) is 18.3. The van der Waals surface area contributed by atoms with E-state index in [-0.39, 0.29) is 5.54 Å². The summed E-state index contributed by atoms with van der Waals surface area (Å²) in [6, 6.07) is 20.6. The molecule has 2 N–H and O–H groups in total. The van der Waals surface area contributed by atoms with Gasteiger partial charge in [0.05, 0.1) is 11.1 Å². The van der Waals surface area contributed by atoms with Crippen molar-refractivity contribution < 1.29 is 10.1 Å². The summed E-state index contributed by atoms with van der Waals surface area (Å²) in [5.41, 5.74) is 2.69. The average Bonchev–Trinajstić information content (AvgIpc) is 2.64. The summed E-state index contributed by atoms with van der Waals surface area (Å²) < 4.78 is 6.27. The number of rotatable bonds is 7. The van der Waals surface area contributed by atoms with E-state index in [0.29, 0.717) is 12.0 Å². The van der Waals surface area contributed by atoms with E-state index in [1.807, 2.05) is 24.3 Å². The van der Waals surface area contributed by atoms with Gasteiger partial charge in [0, 0.05) is 17.0 Å². The largest absolute Gasteiger partial charge is 0.488 e. The summed E-state index contributed by atoms with van der Waals surface area (Å²) in [6.07, 6.45) is 1.14. The van der Waals surface area contributed by atoms with Gasteiger partial charge in [0.25, 0.3) is 0 Å². The lowest BCUT2D eigenvalue weighted by molar-refractivity contribution is -0.737. The molecule has 3 heteroatoms. The first-order valence-electron chi connectivity index (χ1n) is 10.4. The molecule has 0 saturated carbocycles.